The van der Waals surface area contributed by atoms with E-state index in [0.717, 1.165) is 21.0 Å². The smallest absolute Gasteiger partial charge is 0.261 e. The highest BCUT2D eigenvalue weighted by Crippen LogP contribution is 2.28. The van der Waals surface area contributed by atoms with Gasteiger partial charge in [-0.15, -0.1) is 11.3 Å². The molecule has 0 aliphatic rings. The summed E-state index contributed by atoms with van der Waals surface area (Å²) in [5.74, 6) is 0.364. The van der Waals surface area contributed by atoms with Gasteiger partial charge in [0.15, 0.2) is 5.13 Å². The number of anilines is 1. The van der Waals surface area contributed by atoms with Gasteiger partial charge in [0.1, 0.15) is 17.3 Å². The van der Waals surface area contributed by atoms with E-state index in [1.807, 2.05) is 25.1 Å². The summed E-state index contributed by atoms with van der Waals surface area (Å²) in [6.45, 7) is 3.68. The fraction of sp³-hybridized carbons (Fsp3) is 0.130. The molecule has 4 rings (SSSR count). The van der Waals surface area contributed by atoms with E-state index >= 15 is 0 Å². The Morgan fingerprint density at radius 3 is 2.67 bits per heavy atom. The standard InChI is InChI=1S/C23H18ClFN2O2S/c1-13-3-4-15(10-20(13)24)9-18-12-26-23(30-18)27-22(28)19-11-21(29-14(19)2)16-5-7-17(25)8-6-16/h3-8,10-12H,9H2,1-2H3,(H,26,27,28). The zero-order chi connectivity index (χ0) is 21.3. The van der Waals surface area contributed by atoms with Crippen LogP contribution in [0.15, 0.2) is 59.1 Å². The van der Waals surface area contributed by atoms with Crippen molar-refractivity contribution in [2.45, 2.75) is 20.3 Å². The summed E-state index contributed by atoms with van der Waals surface area (Å²) < 4.78 is 18.8. The molecule has 1 amide bonds. The third kappa shape index (κ3) is 4.45. The van der Waals surface area contributed by atoms with Gasteiger partial charge in [0.25, 0.3) is 5.91 Å². The summed E-state index contributed by atoms with van der Waals surface area (Å²) in [7, 11) is 0. The number of halogens is 2. The van der Waals surface area contributed by atoms with Gasteiger partial charge in [0, 0.05) is 28.1 Å². The monoisotopic (exact) mass is 440 g/mol. The molecule has 2 aromatic carbocycles. The molecule has 0 aliphatic heterocycles. The van der Waals surface area contributed by atoms with Crippen molar-refractivity contribution < 1.29 is 13.6 Å². The Hall–Kier alpha value is -2.96. The molecule has 152 valence electrons. The van der Waals surface area contributed by atoms with Crippen LogP contribution in [0.5, 0.6) is 0 Å². The number of furan rings is 1. The highest BCUT2D eigenvalue weighted by molar-refractivity contribution is 7.15. The lowest BCUT2D eigenvalue weighted by molar-refractivity contribution is 0.102. The number of nitrogens with zero attached hydrogens (tertiary/aromatic N) is 1. The molecule has 0 unspecified atom stereocenters. The van der Waals surface area contributed by atoms with Gasteiger partial charge in [-0.3, -0.25) is 10.1 Å². The minimum absolute atomic E-state index is 0.302. The van der Waals surface area contributed by atoms with Crippen molar-refractivity contribution in [1.29, 1.82) is 0 Å². The van der Waals surface area contributed by atoms with Crippen LogP contribution in [0.3, 0.4) is 0 Å². The molecule has 0 saturated heterocycles. The van der Waals surface area contributed by atoms with Crippen LogP contribution in [0.2, 0.25) is 5.02 Å². The van der Waals surface area contributed by atoms with Gasteiger partial charge in [-0.2, -0.15) is 0 Å². The molecule has 0 bridgehead atoms. The molecule has 0 fully saturated rings. The second-order valence-corrected chi connectivity index (χ2v) is 8.46. The molecule has 0 saturated carbocycles. The van der Waals surface area contributed by atoms with E-state index in [4.69, 9.17) is 16.0 Å². The number of aromatic nitrogens is 1. The first-order valence-electron chi connectivity index (χ1n) is 9.26. The van der Waals surface area contributed by atoms with E-state index in [2.05, 4.69) is 10.3 Å². The molecule has 7 heteroatoms. The molecule has 2 heterocycles. The Morgan fingerprint density at radius 2 is 1.93 bits per heavy atom. The van der Waals surface area contributed by atoms with Crippen LogP contribution in [0.25, 0.3) is 11.3 Å². The summed E-state index contributed by atoms with van der Waals surface area (Å²) in [5.41, 5.74) is 3.23. The summed E-state index contributed by atoms with van der Waals surface area (Å²) in [5, 5.41) is 4.07. The third-order valence-corrected chi connectivity index (χ3v) is 6.00. The van der Waals surface area contributed by atoms with Crippen molar-refractivity contribution in [2.24, 2.45) is 0 Å². The van der Waals surface area contributed by atoms with Gasteiger partial charge < -0.3 is 4.42 Å². The maximum Gasteiger partial charge on any atom is 0.261 e. The molecule has 1 N–H and O–H groups in total. The van der Waals surface area contributed by atoms with Crippen LogP contribution in [0, 0.1) is 19.7 Å². The maximum atomic E-state index is 13.1. The minimum Gasteiger partial charge on any atom is -0.461 e. The lowest BCUT2D eigenvalue weighted by Crippen LogP contribution is -2.11. The molecule has 4 nitrogen and oxygen atoms in total. The Bertz CT molecular complexity index is 1210. The summed E-state index contributed by atoms with van der Waals surface area (Å²) in [6.07, 6.45) is 2.44. The highest BCUT2D eigenvalue weighted by atomic mass is 35.5. The Morgan fingerprint density at radius 1 is 1.17 bits per heavy atom. The Kier molecular flexibility index (Phi) is 5.70. The van der Waals surface area contributed by atoms with E-state index < -0.39 is 0 Å². The van der Waals surface area contributed by atoms with E-state index in [0.29, 0.717) is 34.2 Å². The highest BCUT2D eigenvalue weighted by Gasteiger charge is 2.17. The summed E-state index contributed by atoms with van der Waals surface area (Å²) >= 11 is 7.61. The van der Waals surface area contributed by atoms with Gasteiger partial charge in [-0.25, -0.2) is 9.37 Å². The Balaban J connectivity index is 1.47. The molecular weight excluding hydrogens is 423 g/mol. The van der Waals surface area contributed by atoms with Crippen LogP contribution >= 0.6 is 22.9 Å². The van der Waals surface area contributed by atoms with E-state index in [-0.39, 0.29) is 11.7 Å². The van der Waals surface area contributed by atoms with Gasteiger partial charge in [0.2, 0.25) is 0 Å². The molecule has 0 spiro atoms. The number of rotatable bonds is 5. The number of carbonyl (C=O) groups is 1. The number of hydrogen-bond donors (Lipinski definition) is 1. The predicted molar refractivity (Wildman–Crippen MR) is 118 cm³/mol. The quantitative estimate of drug-likeness (QED) is 0.377. The van der Waals surface area contributed by atoms with Crippen molar-refractivity contribution in [3.63, 3.8) is 0 Å². The fourth-order valence-electron chi connectivity index (χ4n) is 3.02. The summed E-state index contributed by atoms with van der Waals surface area (Å²) in [4.78, 5) is 18.0. The number of amides is 1. The van der Waals surface area contributed by atoms with Gasteiger partial charge >= 0.3 is 0 Å². The average Bonchev–Trinajstić information content (AvgIpc) is 3.31. The van der Waals surface area contributed by atoms with E-state index in [9.17, 15) is 9.18 Å². The van der Waals surface area contributed by atoms with Gasteiger partial charge in [-0.05, 0) is 61.4 Å². The minimum atomic E-state index is -0.326. The van der Waals surface area contributed by atoms with Crippen LogP contribution in [0.1, 0.15) is 32.1 Å². The van der Waals surface area contributed by atoms with E-state index in [1.54, 1.807) is 31.3 Å². The van der Waals surface area contributed by atoms with Crippen molar-refractivity contribution in [1.82, 2.24) is 4.98 Å². The first-order valence-corrected chi connectivity index (χ1v) is 10.5. The SMILES string of the molecule is Cc1ccc(Cc2cnc(NC(=O)c3cc(-c4ccc(F)cc4)oc3C)s2)cc1Cl. The zero-order valence-corrected chi connectivity index (χ0v) is 17.9. The van der Waals surface area contributed by atoms with Crippen molar-refractivity contribution >= 4 is 34.0 Å². The number of thiazole rings is 1. The number of carbonyl (C=O) groups excluding carboxylic acids is 1. The third-order valence-electron chi connectivity index (χ3n) is 4.68. The predicted octanol–water partition coefficient (Wildman–Crippen LogP) is 6.66. The van der Waals surface area contributed by atoms with Crippen LogP contribution in [-0.2, 0) is 6.42 Å². The molecule has 0 radical (unpaired) electrons. The van der Waals surface area contributed by atoms with Crippen molar-refractivity contribution in [3.05, 3.63) is 92.9 Å². The topological polar surface area (TPSA) is 55.1 Å². The van der Waals surface area contributed by atoms with E-state index in [1.165, 1.54) is 23.5 Å². The molecule has 0 atom stereocenters. The molecule has 0 aliphatic carbocycles. The fourth-order valence-corrected chi connectivity index (χ4v) is 4.07. The normalized spacial score (nSPS) is 10.9. The van der Waals surface area contributed by atoms with Crippen LogP contribution in [-0.4, -0.2) is 10.9 Å². The van der Waals surface area contributed by atoms with Crippen LogP contribution in [0.4, 0.5) is 9.52 Å². The molecular formula is C23H18ClFN2O2S. The summed E-state index contributed by atoms with van der Waals surface area (Å²) in [6, 6.07) is 13.5. The number of benzene rings is 2. The average molecular weight is 441 g/mol. The van der Waals surface area contributed by atoms with Gasteiger partial charge in [0.05, 0.1) is 5.56 Å². The zero-order valence-electron chi connectivity index (χ0n) is 16.3. The number of hydrogen-bond acceptors (Lipinski definition) is 4. The molecule has 2 aromatic heterocycles. The largest absolute Gasteiger partial charge is 0.461 e. The first-order chi connectivity index (χ1) is 14.4. The Labute approximate surface area is 182 Å². The number of aryl methyl sites for hydroxylation is 2. The van der Waals surface area contributed by atoms with Crippen molar-refractivity contribution in [3.8, 4) is 11.3 Å². The number of nitrogens with one attached hydrogen (secondary N) is 1. The van der Waals surface area contributed by atoms with Gasteiger partial charge in [-0.1, -0.05) is 23.7 Å². The lowest BCUT2D eigenvalue weighted by atomic mass is 10.1. The lowest BCUT2D eigenvalue weighted by Gasteiger charge is -2.02. The van der Waals surface area contributed by atoms with Crippen molar-refractivity contribution in [2.75, 3.05) is 5.32 Å². The van der Waals surface area contributed by atoms with Crippen LogP contribution < -0.4 is 5.32 Å². The molecule has 4 aromatic rings. The maximum absolute atomic E-state index is 13.1. The second-order valence-electron chi connectivity index (χ2n) is 6.93. The second kappa shape index (κ2) is 8.42. The first kappa shape index (κ1) is 20.3. The molecule has 30 heavy (non-hydrogen) atoms.